The number of aryl methyl sites for hydroxylation is 1. The summed E-state index contributed by atoms with van der Waals surface area (Å²) in [5, 5.41) is 39.0. The molecular weight excluding hydrogens is 1880 g/mol. The summed E-state index contributed by atoms with van der Waals surface area (Å²) >= 11 is -12.1. The molecular formula is C34H73BF16NO42PS10Sb-15. The van der Waals surface area contributed by atoms with Crippen molar-refractivity contribution in [2.24, 2.45) is 0 Å². The van der Waals surface area contributed by atoms with Gasteiger partial charge in [0, 0.05) is 56.7 Å². The van der Waals surface area contributed by atoms with Crippen molar-refractivity contribution in [3.63, 3.8) is 0 Å². The summed E-state index contributed by atoms with van der Waals surface area (Å²) in [4.78, 5) is 16.1. The van der Waals surface area contributed by atoms with Gasteiger partial charge >= 0.3 is 74.9 Å². The van der Waals surface area contributed by atoms with Crippen LogP contribution >= 0.6 is 7.81 Å². The first kappa shape index (κ1) is 149. The summed E-state index contributed by atoms with van der Waals surface area (Å²) in [6.07, 6.45) is 6.97. The molecule has 43 nitrogen and oxygen atoms in total. The van der Waals surface area contributed by atoms with Crippen LogP contribution in [0.4, 0.5) is 52.2 Å². The summed E-state index contributed by atoms with van der Waals surface area (Å²) in [6.45, 7) is 10.7. The van der Waals surface area contributed by atoms with Gasteiger partial charge in [0.15, 0.2) is 0 Å². The molecule has 0 heterocycles. The Kier molecular flexibility index (Phi) is 103. The van der Waals surface area contributed by atoms with E-state index in [1.165, 1.54) is 12.1 Å². The van der Waals surface area contributed by atoms with Crippen LogP contribution in [0, 0.1) is 22.2 Å². The van der Waals surface area contributed by atoms with Gasteiger partial charge in [-0.1, -0.05) is 52.8 Å². The second-order valence-corrected chi connectivity index (χ2v) is 33.6. The number of carbonyl (C=O) groups is 1. The van der Waals surface area contributed by atoms with Gasteiger partial charge in [-0.05, 0) is 57.6 Å². The van der Waals surface area contributed by atoms with Gasteiger partial charge in [-0.2, -0.15) is 0 Å². The van der Waals surface area contributed by atoms with Crippen LogP contribution in [0.1, 0.15) is 79.2 Å². The fraction of sp³-hybridized carbons (Fsp3) is 0.794. The zero-order valence-corrected chi connectivity index (χ0v) is 64.4. The monoisotopic (exact) mass is 1950 g/mol. The Morgan fingerprint density at radius 1 is 0.519 bits per heavy atom. The number of rotatable bonds is 25. The van der Waals surface area contributed by atoms with E-state index >= 15 is 0 Å². The molecule has 666 valence electrons. The molecule has 3 N–H and O–H groups in total. The number of aliphatic hydroxyl groups excluding tert-OH is 2. The molecule has 1 rings (SSSR count). The Balaban J connectivity index is -0.0000000498. The van der Waals surface area contributed by atoms with Gasteiger partial charge < -0.3 is 114 Å². The van der Waals surface area contributed by atoms with E-state index in [4.69, 9.17) is 115 Å². The SMILES string of the molecule is C.C.C=O.CCCCOCCCCS(=O)(=O)[O-].CCCOCCCCS(=O)(=O)[O-].CS(=O)(=O)[O-].CS(=O)(=O)[O-].CS(=O)(=O)[O-].Cc1ccc(S(=O)(=O)[O-])cc1.FB(F)F.F[P-](F)(F)(F)(F)F.O=S(=O)([O-])CO.O=S(=O)([O-])COCCOCCO.O=S(=O)([O-])O.O=S([O-])O[O-].O=[N+]([O-])[O-].[F-].[F-].[F][Sb]([F])([F])([F])[F]. The number of carbonyl (C=O) groups excluding carboxylic acids is 1. The molecule has 0 amide bonds. The second-order valence-electron chi connectivity index (χ2n) is 15.3. The standard InChI is InChI=1S/C8H18O4S.C7H16O4S.C7H8O3S.C5H12O6S.CH4O4S.3CH4O3S.CH2O.2CH4.BF3.F6P.7FH.NO3.2H2O4S.Sb/c1-2-3-6-12-7-4-5-8-13(9,10)11;1-2-5-11-6-3-4-7-12(8,9)10;1-6-2-4-7(5-3-6)11(8,9)10;6-1-2-10-3-4-11-5-12(7,8)9;2-1-6(3,4)5;3*1-5(2,3)4;1-2;;;2-1(3)4;1-7(2,3,4,5)6;;;;;;;;2-1(3)4;1-5(2,3)4;1-4-5(2)3;/h2-8H2,1H3,(H,9,10,11);2-7H2,1H3,(H,8,9,10);2-5H,1H3,(H,8,9,10);6H,1-5H2,(H,7,8,9);2H,1H2,(H,3,4,5);3*1H3,(H,2,3,4);1H2;2*1H4;;;7*1H;;(H2,1,2,3,4);1H,(H,2,3);/q;;;;;;;;;;;;-1;;;;;;;;-1;;;+5/p-18. The molecule has 0 spiro atoms. The molecule has 1 unspecified atom stereocenters. The summed E-state index contributed by atoms with van der Waals surface area (Å²) in [7, 11) is -52.0. The molecule has 106 heavy (non-hydrogen) atoms. The average molecular weight is 1960 g/mol. The number of hydrogen-bond donors (Lipinski definition) is 3. The van der Waals surface area contributed by atoms with Crippen molar-refractivity contribution in [1.29, 1.82) is 0 Å². The number of ether oxygens (including phenoxy) is 4. The number of halogens is 16. The number of benzene rings is 1. The van der Waals surface area contributed by atoms with Gasteiger partial charge in [-0.3, -0.25) is 17.5 Å². The van der Waals surface area contributed by atoms with Gasteiger partial charge in [-0.15, -0.1) is 0 Å². The molecule has 0 radical (unpaired) electrons. The maximum atomic E-state index is 10.4. The fourth-order valence-corrected chi connectivity index (χ4v) is 4.62. The molecule has 0 aromatic heterocycles. The van der Waals surface area contributed by atoms with Crippen LogP contribution < -0.4 is 14.7 Å². The molecule has 0 aliphatic rings. The number of unbranched alkanes of at least 4 members (excludes halogenated alkanes) is 3. The van der Waals surface area contributed by atoms with Gasteiger partial charge in [0.2, 0.25) is 10.4 Å². The van der Waals surface area contributed by atoms with Crippen LogP contribution in [-0.4, -0.2) is 275 Å². The number of hydrogen-bond acceptors (Lipinski definition) is 41. The van der Waals surface area contributed by atoms with E-state index in [2.05, 4.69) is 16.0 Å². The Bertz CT molecular complexity index is 3100. The van der Waals surface area contributed by atoms with Gasteiger partial charge in [0.1, 0.15) is 49.0 Å². The minimum absolute atomic E-state index is 0. The van der Waals surface area contributed by atoms with Crippen molar-refractivity contribution in [3.8, 4) is 0 Å². The summed E-state index contributed by atoms with van der Waals surface area (Å²) in [5.74, 6) is -2.70. The molecule has 0 saturated carbocycles. The quantitative estimate of drug-likeness (QED) is 0.00790. The van der Waals surface area contributed by atoms with E-state index in [9.17, 15) is 117 Å². The van der Waals surface area contributed by atoms with Crippen LogP contribution in [0.15, 0.2) is 29.2 Å². The molecule has 1 aromatic carbocycles. The van der Waals surface area contributed by atoms with Crippen molar-refractivity contribution in [2.45, 2.75) is 85.5 Å². The second kappa shape index (κ2) is 73.7. The maximum absolute atomic E-state index is 10.7. The zero-order valence-electron chi connectivity index (χ0n) is 52.8. The normalized spacial score (nSPS) is 12.0. The van der Waals surface area contributed by atoms with E-state index in [1.807, 2.05) is 20.6 Å². The van der Waals surface area contributed by atoms with Crippen molar-refractivity contribution in [1.82, 2.24) is 0 Å². The molecule has 1 aromatic rings. The van der Waals surface area contributed by atoms with Crippen LogP contribution in [-0.2, 0) is 131 Å². The summed E-state index contributed by atoms with van der Waals surface area (Å²) in [5.41, 5.74) is 0.928. The molecule has 0 saturated heterocycles. The molecule has 0 bridgehead atoms. The Labute approximate surface area is 607 Å². The van der Waals surface area contributed by atoms with Crippen molar-refractivity contribution >= 4 is 145 Å². The minimum atomic E-state index is -10.7. The van der Waals surface area contributed by atoms with Gasteiger partial charge in [-0.25, -0.2) is 80.0 Å². The third-order valence-corrected chi connectivity index (χ3v) is 8.52. The summed E-state index contributed by atoms with van der Waals surface area (Å²) in [6, 6.07) is 5.78. The van der Waals surface area contributed by atoms with E-state index in [0.29, 0.717) is 64.3 Å². The van der Waals surface area contributed by atoms with E-state index in [0.717, 1.165) is 31.4 Å². The van der Waals surface area contributed by atoms with Crippen LogP contribution in [0.3, 0.4) is 0 Å². The first-order valence-electron chi connectivity index (χ1n) is 23.5. The van der Waals surface area contributed by atoms with Crippen LogP contribution in [0.2, 0.25) is 0 Å². The van der Waals surface area contributed by atoms with Crippen molar-refractivity contribution in [3.05, 3.63) is 45.2 Å². The molecule has 1 atom stereocenters. The van der Waals surface area contributed by atoms with E-state index < -0.39 is 155 Å². The number of aliphatic hydroxyl groups is 2. The molecule has 0 aliphatic heterocycles. The fourth-order valence-electron chi connectivity index (χ4n) is 2.71. The van der Waals surface area contributed by atoms with Gasteiger partial charge in [0.25, 0.3) is 0 Å². The predicted octanol–water partition coefficient (Wildman–Crippen LogP) is -4.84. The molecule has 72 heteroatoms. The van der Waals surface area contributed by atoms with Crippen molar-refractivity contribution in [2.75, 3.05) is 95.0 Å². The molecule has 0 fully saturated rings. The first-order valence-corrected chi connectivity index (χ1v) is 45.8. The Morgan fingerprint density at radius 2 is 0.736 bits per heavy atom. The average Bonchev–Trinajstić information content (AvgIpc) is 0.796. The van der Waals surface area contributed by atoms with Crippen LogP contribution in [0.25, 0.3) is 0 Å². The molecule has 0 aliphatic carbocycles. The van der Waals surface area contributed by atoms with Crippen molar-refractivity contribution < 1.29 is 240 Å². The Hall–Kier alpha value is -2.78. The summed E-state index contributed by atoms with van der Waals surface area (Å²) < 4.78 is 441. The van der Waals surface area contributed by atoms with E-state index in [1.54, 1.807) is 12.1 Å². The third kappa shape index (κ3) is 476. The Morgan fingerprint density at radius 3 is 0.915 bits per heavy atom. The third-order valence-electron chi connectivity index (χ3n) is 5.22. The predicted molar refractivity (Wildman–Crippen MR) is 323 cm³/mol. The topological polar surface area (TPSA) is 768 Å². The first-order chi connectivity index (χ1) is 44.2. The van der Waals surface area contributed by atoms with E-state index in [-0.39, 0.29) is 67.1 Å². The van der Waals surface area contributed by atoms with Gasteiger partial charge in [0.05, 0.1) is 98.4 Å². The zero-order chi connectivity index (χ0) is 86.0. The van der Waals surface area contributed by atoms with Crippen LogP contribution in [0.5, 0.6) is 0 Å². The number of nitrogens with zero attached hydrogens (tertiary/aromatic N) is 1.